The lowest BCUT2D eigenvalue weighted by atomic mass is 10.1. The van der Waals surface area contributed by atoms with E-state index in [2.05, 4.69) is 0 Å². The molecule has 0 saturated carbocycles. The molecule has 0 spiro atoms. The molecular weight excluding hydrogens is 333 g/mol. The van der Waals surface area contributed by atoms with Crippen LogP contribution in [-0.2, 0) is 4.79 Å². The first-order valence-electron chi connectivity index (χ1n) is 7.76. The van der Waals surface area contributed by atoms with Crippen LogP contribution in [0.1, 0.15) is 23.2 Å². The Kier molecular flexibility index (Phi) is 4.74. The second-order valence-electron chi connectivity index (χ2n) is 5.72. The maximum Gasteiger partial charge on any atom is 0.259 e. The summed E-state index contributed by atoms with van der Waals surface area (Å²) in [6, 6.07) is 8.33. The normalized spacial score (nSPS) is 14.0. The fourth-order valence-electron chi connectivity index (χ4n) is 2.73. The number of benzene rings is 2. The fraction of sp³-hybridized carbons (Fsp3) is 0.222. The topological polar surface area (TPSA) is 40.6 Å². The van der Waals surface area contributed by atoms with Gasteiger partial charge in [0.1, 0.15) is 12.5 Å². The molecule has 0 aromatic heterocycles. The molecule has 2 aromatic carbocycles. The third-order valence-electron chi connectivity index (χ3n) is 4.04. The van der Waals surface area contributed by atoms with Crippen molar-refractivity contribution in [2.75, 3.05) is 18.1 Å². The van der Waals surface area contributed by atoms with Crippen LogP contribution in [0.25, 0.3) is 0 Å². The standard InChI is InChI=1S/C18H15F3N2O2/c19-13-8-7-12(10-15(13)21)18(25)23(11-22-9-3-6-17(22)24)16-5-2-1-4-14(16)20/h1-2,4-5,7-8,10H,3,6,9,11H2. The lowest BCUT2D eigenvalue weighted by molar-refractivity contribution is -0.127. The molecule has 3 rings (SSSR count). The summed E-state index contributed by atoms with van der Waals surface area (Å²) in [5.74, 6) is -3.76. The zero-order valence-corrected chi connectivity index (χ0v) is 13.2. The SMILES string of the molecule is O=C1CCCN1CN(C(=O)c1ccc(F)c(F)c1)c1ccccc1F. The molecule has 1 saturated heterocycles. The molecule has 7 heteroatoms. The van der Waals surface area contributed by atoms with E-state index >= 15 is 0 Å². The minimum absolute atomic E-state index is 0.0306. The van der Waals surface area contributed by atoms with Gasteiger partial charge >= 0.3 is 0 Å². The van der Waals surface area contributed by atoms with Gasteiger partial charge in [0.15, 0.2) is 11.6 Å². The predicted octanol–water partition coefficient (Wildman–Crippen LogP) is 3.33. The number of rotatable bonds is 4. The van der Waals surface area contributed by atoms with E-state index in [-0.39, 0.29) is 23.8 Å². The summed E-state index contributed by atoms with van der Waals surface area (Å²) in [5.41, 5.74) is -0.161. The van der Waals surface area contributed by atoms with E-state index in [1.807, 2.05) is 0 Å². The maximum absolute atomic E-state index is 14.2. The minimum Gasteiger partial charge on any atom is -0.324 e. The highest BCUT2D eigenvalue weighted by atomic mass is 19.2. The molecule has 2 amide bonds. The number of carbonyl (C=O) groups is 2. The van der Waals surface area contributed by atoms with Gasteiger partial charge in [-0.2, -0.15) is 0 Å². The molecule has 0 atom stereocenters. The van der Waals surface area contributed by atoms with E-state index in [1.54, 1.807) is 6.07 Å². The van der Waals surface area contributed by atoms with E-state index in [0.717, 1.165) is 23.1 Å². The number of para-hydroxylation sites is 1. The highest BCUT2D eigenvalue weighted by molar-refractivity contribution is 6.06. The number of halogens is 3. The molecule has 4 nitrogen and oxygen atoms in total. The number of hydrogen-bond donors (Lipinski definition) is 0. The second-order valence-corrected chi connectivity index (χ2v) is 5.72. The van der Waals surface area contributed by atoms with E-state index in [4.69, 9.17) is 0 Å². The molecule has 0 radical (unpaired) electrons. The lowest BCUT2D eigenvalue weighted by Crippen LogP contribution is -2.42. The third-order valence-corrected chi connectivity index (χ3v) is 4.04. The molecule has 25 heavy (non-hydrogen) atoms. The van der Waals surface area contributed by atoms with Crippen molar-refractivity contribution in [3.8, 4) is 0 Å². The lowest BCUT2D eigenvalue weighted by Gasteiger charge is -2.28. The first kappa shape index (κ1) is 17.0. The minimum atomic E-state index is -1.17. The van der Waals surface area contributed by atoms with Crippen LogP contribution in [0.3, 0.4) is 0 Å². The third kappa shape index (κ3) is 3.50. The molecule has 0 aliphatic carbocycles. The van der Waals surface area contributed by atoms with Gasteiger partial charge in [0.2, 0.25) is 5.91 Å². The van der Waals surface area contributed by atoms with Crippen molar-refractivity contribution in [3.05, 3.63) is 65.5 Å². The Balaban J connectivity index is 1.97. The molecule has 1 aliphatic heterocycles. The van der Waals surface area contributed by atoms with E-state index in [9.17, 15) is 22.8 Å². The van der Waals surface area contributed by atoms with Gasteiger partial charge in [-0.1, -0.05) is 12.1 Å². The zero-order chi connectivity index (χ0) is 18.0. The van der Waals surface area contributed by atoms with Gasteiger partial charge < -0.3 is 4.90 Å². The average molecular weight is 348 g/mol. The Morgan fingerprint density at radius 1 is 1.04 bits per heavy atom. The van der Waals surface area contributed by atoms with E-state index < -0.39 is 23.4 Å². The summed E-state index contributed by atoms with van der Waals surface area (Å²) in [4.78, 5) is 27.2. The van der Waals surface area contributed by atoms with Gasteiger partial charge in [0, 0.05) is 18.5 Å². The number of carbonyl (C=O) groups excluding carboxylic acids is 2. The molecule has 1 fully saturated rings. The molecule has 0 bridgehead atoms. The molecule has 130 valence electrons. The van der Waals surface area contributed by atoms with Gasteiger partial charge in [-0.05, 0) is 36.8 Å². The summed E-state index contributed by atoms with van der Waals surface area (Å²) in [6.07, 6.45) is 1.02. The maximum atomic E-state index is 14.2. The van der Waals surface area contributed by atoms with Gasteiger partial charge in [0.05, 0.1) is 5.69 Å². The Hall–Kier alpha value is -2.83. The number of likely N-dealkylation sites (tertiary alicyclic amines) is 1. The first-order chi connectivity index (χ1) is 12.0. The number of amides is 2. The van der Waals surface area contributed by atoms with Crippen LogP contribution in [0.2, 0.25) is 0 Å². The predicted molar refractivity (Wildman–Crippen MR) is 85.4 cm³/mol. The van der Waals surface area contributed by atoms with Crippen molar-refractivity contribution in [1.82, 2.24) is 4.90 Å². The van der Waals surface area contributed by atoms with Crippen molar-refractivity contribution in [3.63, 3.8) is 0 Å². The van der Waals surface area contributed by atoms with Crippen molar-refractivity contribution < 1.29 is 22.8 Å². The van der Waals surface area contributed by atoms with Gasteiger partial charge in [-0.15, -0.1) is 0 Å². The van der Waals surface area contributed by atoms with Crippen LogP contribution in [-0.4, -0.2) is 29.9 Å². The van der Waals surface area contributed by atoms with Crippen LogP contribution in [0.5, 0.6) is 0 Å². The highest BCUT2D eigenvalue weighted by Crippen LogP contribution is 2.23. The number of hydrogen-bond acceptors (Lipinski definition) is 2. The summed E-state index contributed by atoms with van der Waals surface area (Å²) < 4.78 is 40.8. The summed E-state index contributed by atoms with van der Waals surface area (Å²) in [7, 11) is 0. The number of nitrogens with zero attached hydrogens (tertiary/aromatic N) is 2. The van der Waals surface area contributed by atoms with E-state index in [1.165, 1.54) is 23.1 Å². The highest BCUT2D eigenvalue weighted by Gasteiger charge is 2.28. The molecule has 2 aromatic rings. The molecule has 1 aliphatic rings. The van der Waals surface area contributed by atoms with Crippen LogP contribution in [0, 0.1) is 17.5 Å². The zero-order valence-electron chi connectivity index (χ0n) is 13.2. The van der Waals surface area contributed by atoms with Gasteiger partial charge in [-0.25, -0.2) is 13.2 Å². The molecule has 0 unspecified atom stereocenters. The summed E-state index contributed by atoms with van der Waals surface area (Å²) in [5, 5.41) is 0. The number of anilines is 1. The largest absolute Gasteiger partial charge is 0.324 e. The van der Waals surface area contributed by atoms with Crippen molar-refractivity contribution in [2.24, 2.45) is 0 Å². The van der Waals surface area contributed by atoms with Crippen molar-refractivity contribution >= 4 is 17.5 Å². The Morgan fingerprint density at radius 3 is 2.44 bits per heavy atom. The van der Waals surface area contributed by atoms with Gasteiger partial charge in [-0.3, -0.25) is 14.5 Å². The van der Waals surface area contributed by atoms with Gasteiger partial charge in [0.25, 0.3) is 5.91 Å². The second kappa shape index (κ2) is 6.96. The van der Waals surface area contributed by atoms with E-state index in [0.29, 0.717) is 19.4 Å². The van der Waals surface area contributed by atoms with Crippen molar-refractivity contribution in [1.29, 1.82) is 0 Å². The van der Waals surface area contributed by atoms with Crippen LogP contribution >= 0.6 is 0 Å². The van der Waals surface area contributed by atoms with Crippen LogP contribution in [0.15, 0.2) is 42.5 Å². The summed E-state index contributed by atoms with van der Waals surface area (Å²) in [6.45, 7) is 0.298. The summed E-state index contributed by atoms with van der Waals surface area (Å²) >= 11 is 0. The Bertz CT molecular complexity index is 826. The quantitative estimate of drug-likeness (QED) is 0.850. The molecule has 0 N–H and O–H groups in total. The Morgan fingerprint density at radius 2 is 1.80 bits per heavy atom. The smallest absolute Gasteiger partial charge is 0.259 e. The molecule has 1 heterocycles. The Labute approximate surface area is 142 Å². The fourth-order valence-corrected chi connectivity index (χ4v) is 2.73. The van der Waals surface area contributed by atoms with Crippen LogP contribution in [0.4, 0.5) is 18.9 Å². The monoisotopic (exact) mass is 348 g/mol. The molecular formula is C18H15F3N2O2. The average Bonchev–Trinajstić information content (AvgIpc) is 3.00. The van der Waals surface area contributed by atoms with Crippen molar-refractivity contribution in [2.45, 2.75) is 12.8 Å². The van der Waals surface area contributed by atoms with Crippen LogP contribution < -0.4 is 4.90 Å². The first-order valence-corrected chi connectivity index (χ1v) is 7.76.